The van der Waals surface area contributed by atoms with E-state index in [0.717, 1.165) is 0 Å². The van der Waals surface area contributed by atoms with Crippen molar-refractivity contribution < 1.29 is 4.74 Å². The fourth-order valence-electron chi connectivity index (χ4n) is 0.572. The first-order chi connectivity index (χ1) is 4.61. The lowest BCUT2D eigenvalue weighted by molar-refractivity contribution is 0.187. The molecule has 0 N–H and O–H groups in total. The van der Waals surface area contributed by atoms with Crippen LogP contribution in [0.25, 0.3) is 0 Å². The zero-order chi connectivity index (χ0) is 7.61. The number of allylic oxidation sites excluding steroid dienone is 2. The number of alkyl halides is 3. The number of ether oxygens (including phenoxy) is 1. The van der Waals surface area contributed by atoms with Crippen molar-refractivity contribution in [1.82, 2.24) is 0 Å². The van der Waals surface area contributed by atoms with Gasteiger partial charge in [-0.25, -0.2) is 0 Å². The van der Waals surface area contributed by atoms with Crippen LogP contribution in [-0.2, 0) is 4.74 Å². The van der Waals surface area contributed by atoms with Crippen molar-refractivity contribution >= 4 is 34.8 Å². The molecule has 4 heteroatoms. The smallest absolute Gasteiger partial charge is 0.230 e. The van der Waals surface area contributed by atoms with E-state index in [4.69, 9.17) is 39.5 Å². The molecule has 0 aromatic carbocycles. The summed E-state index contributed by atoms with van der Waals surface area (Å²) in [7, 11) is 0. The van der Waals surface area contributed by atoms with Crippen molar-refractivity contribution in [3.8, 4) is 0 Å². The van der Waals surface area contributed by atoms with Crippen molar-refractivity contribution in [2.24, 2.45) is 0 Å². The predicted molar refractivity (Wildman–Crippen MR) is 43.4 cm³/mol. The summed E-state index contributed by atoms with van der Waals surface area (Å²) in [5.74, 6) is 0. The van der Waals surface area contributed by atoms with Crippen molar-refractivity contribution in [3.05, 3.63) is 24.5 Å². The Bertz CT molecular complexity index is 168. The van der Waals surface area contributed by atoms with Crippen molar-refractivity contribution in [2.45, 2.75) is 9.90 Å². The highest BCUT2D eigenvalue weighted by Crippen LogP contribution is 2.33. The molecule has 1 nitrogen and oxygen atoms in total. The summed E-state index contributed by atoms with van der Waals surface area (Å²) in [6.07, 6.45) is 6.21. The number of halogens is 3. The topological polar surface area (TPSA) is 9.23 Å². The Balaban J connectivity index is 2.60. The van der Waals surface area contributed by atoms with Crippen LogP contribution >= 0.6 is 34.8 Å². The van der Waals surface area contributed by atoms with Gasteiger partial charge in [0.05, 0.1) is 6.26 Å². The zero-order valence-corrected chi connectivity index (χ0v) is 7.20. The monoisotopic (exact) mass is 198 g/mol. The second-order valence-corrected chi connectivity index (χ2v) is 4.18. The maximum atomic E-state index is 5.53. The summed E-state index contributed by atoms with van der Waals surface area (Å²) in [6.45, 7) is 0. The molecule has 0 radical (unpaired) electrons. The molecule has 1 rings (SSSR count). The average molecular weight is 199 g/mol. The minimum absolute atomic E-state index is 0.470. The van der Waals surface area contributed by atoms with E-state index >= 15 is 0 Å². The van der Waals surface area contributed by atoms with E-state index in [1.54, 1.807) is 18.2 Å². The quantitative estimate of drug-likeness (QED) is 0.545. The lowest BCUT2D eigenvalue weighted by Crippen LogP contribution is -2.25. The molecule has 1 unspecified atom stereocenters. The molecule has 1 aliphatic rings. The lowest BCUT2D eigenvalue weighted by atomic mass is 10.3. The molecule has 0 bridgehead atoms. The van der Waals surface area contributed by atoms with Gasteiger partial charge in [-0.2, -0.15) is 0 Å². The normalized spacial score (nSPS) is 24.5. The number of rotatable bonds is 0. The molecule has 0 aromatic heterocycles. The van der Waals surface area contributed by atoms with Crippen molar-refractivity contribution in [2.75, 3.05) is 0 Å². The van der Waals surface area contributed by atoms with Crippen LogP contribution in [0.3, 0.4) is 0 Å². The Labute approximate surface area is 74.2 Å². The van der Waals surface area contributed by atoms with E-state index < -0.39 is 9.90 Å². The summed E-state index contributed by atoms with van der Waals surface area (Å²) in [5, 5.41) is 0. The fraction of sp³-hybridized carbons (Fsp3) is 0.333. The highest BCUT2D eigenvalue weighted by Gasteiger charge is 2.32. The van der Waals surface area contributed by atoms with Gasteiger partial charge in [0.1, 0.15) is 0 Å². The predicted octanol–water partition coefficient (Wildman–Crippen LogP) is 2.83. The van der Waals surface area contributed by atoms with Crippen LogP contribution in [-0.4, -0.2) is 9.90 Å². The van der Waals surface area contributed by atoms with Crippen LogP contribution in [0.2, 0.25) is 0 Å². The average Bonchev–Trinajstić information content (AvgIpc) is 1.88. The first-order valence-corrected chi connectivity index (χ1v) is 3.79. The van der Waals surface area contributed by atoms with Crippen LogP contribution in [0, 0.1) is 0 Å². The van der Waals surface area contributed by atoms with Gasteiger partial charge in [-0.3, -0.25) is 0 Å². The van der Waals surface area contributed by atoms with Crippen LogP contribution in [0.4, 0.5) is 0 Å². The van der Waals surface area contributed by atoms with E-state index in [-0.39, 0.29) is 0 Å². The van der Waals surface area contributed by atoms with Gasteiger partial charge < -0.3 is 4.74 Å². The van der Waals surface area contributed by atoms with Gasteiger partial charge in [0.2, 0.25) is 3.79 Å². The Morgan fingerprint density at radius 3 is 2.20 bits per heavy atom. The van der Waals surface area contributed by atoms with Crippen molar-refractivity contribution in [1.29, 1.82) is 0 Å². The van der Waals surface area contributed by atoms with E-state index in [0.29, 0.717) is 0 Å². The van der Waals surface area contributed by atoms with Gasteiger partial charge in [0.25, 0.3) is 0 Å². The minimum Gasteiger partial charge on any atom is -0.489 e. The first-order valence-electron chi connectivity index (χ1n) is 2.66. The number of hydrogen-bond donors (Lipinski definition) is 0. The molecule has 1 atom stereocenters. The second-order valence-electron chi connectivity index (χ2n) is 1.81. The molecule has 1 heterocycles. The van der Waals surface area contributed by atoms with E-state index in [1.807, 2.05) is 0 Å². The van der Waals surface area contributed by atoms with E-state index in [2.05, 4.69) is 0 Å². The highest BCUT2D eigenvalue weighted by atomic mass is 35.6. The van der Waals surface area contributed by atoms with Gasteiger partial charge in [0.15, 0.2) is 6.10 Å². The maximum Gasteiger partial charge on any atom is 0.230 e. The third kappa shape index (κ3) is 2.08. The molecule has 0 saturated heterocycles. The largest absolute Gasteiger partial charge is 0.489 e. The molecule has 0 spiro atoms. The van der Waals surface area contributed by atoms with E-state index in [1.165, 1.54) is 6.26 Å². The third-order valence-electron chi connectivity index (χ3n) is 1.02. The molecule has 1 aliphatic heterocycles. The standard InChI is InChI=1S/C6H5Cl3O/c7-6(8,9)5-3-1-2-4-10-5/h1-5H. The molecule has 10 heavy (non-hydrogen) atoms. The summed E-state index contributed by atoms with van der Waals surface area (Å²) in [6, 6.07) is 0. The molecule has 0 aromatic rings. The Morgan fingerprint density at radius 1 is 1.20 bits per heavy atom. The highest BCUT2D eigenvalue weighted by molar-refractivity contribution is 6.68. The van der Waals surface area contributed by atoms with Crippen LogP contribution in [0.1, 0.15) is 0 Å². The van der Waals surface area contributed by atoms with Crippen LogP contribution < -0.4 is 0 Å². The SMILES string of the molecule is ClC(Cl)(Cl)C1C=CC=CO1. The molecule has 56 valence electrons. The zero-order valence-electron chi connectivity index (χ0n) is 4.93. The van der Waals surface area contributed by atoms with Gasteiger partial charge >= 0.3 is 0 Å². The summed E-state index contributed by atoms with van der Waals surface area (Å²) in [4.78, 5) is 0. The number of hydrogen-bond acceptors (Lipinski definition) is 1. The fourth-order valence-corrected chi connectivity index (χ4v) is 0.945. The molecule has 0 aliphatic carbocycles. The maximum absolute atomic E-state index is 5.53. The first kappa shape index (κ1) is 8.25. The Kier molecular flexibility index (Phi) is 2.50. The molecular formula is C6H5Cl3O. The second kappa shape index (κ2) is 3.04. The molecular weight excluding hydrogens is 194 g/mol. The minimum atomic E-state index is -1.37. The summed E-state index contributed by atoms with van der Waals surface area (Å²) in [5.41, 5.74) is 0. The molecule has 0 amide bonds. The van der Waals surface area contributed by atoms with Gasteiger partial charge in [-0.15, -0.1) is 0 Å². The Morgan fingerprint density at radius 2 is 1.90 bits per heavy atom. The van der Waals surface area contributed by atoms with E-state index in [9.17, 15) is 0 Å². The summed E-state index contributed by atoms with van der Waals surface area (Å²) < 4.78 is 3.61. The summed E-state index contributed by atoms with van der Waals surface area (Å²) >= 11 is 16.6. The lowest BCUT2D eigenvalue weighted by Gasteiger charge is -2.21. The van der Waals surface area contributed by atoms with Crippen molar-refractivity contribution in [3.63, 3.8) is 0 Å². The molecule has 0 fully saturated rings. The third-order valence-corrected chi connectivity index (χ3v) is 1.67. The van der Waals surface area contributed by atoms with Gasteiger partial charge in [-0.1, -0.05) is 40.9 Å². The molecule has 0 saturated carbocycles. The van der Waals surface area contributed by atoms with Crippen LogP contribution in [0.5, 0.6) is 0 Å². The van der Waals surface area contributed by atoms with Gasteiger partial charge in [-0.05, 0) is 12.2 Å². The Hall–Kier alpha value is 0.150. The van der Waals surface area contributed by atoms with Crippen LogP contribution in [0.15, 0.2) is 24.5 Å². The van der Waals surface area contributed by atoms with Gasteiger partial charge in [0, 0.05) is 0 Å².